The van der Waals surface area contributed by atoms with E-state index in [2.05, 4.69) is 54.2 Å². The average molecular weight is 218 g/mol. The Labute approximate surface area is 98.9 Å². The molecule has 16 heavy (non-hydrogen) atoms. The van der Waals surface area contributed by atoms with Crippen molar-refractivity contribution in [3.8, 4) is 0 Å². The minimum atomic E-state index is 0.734. The van der Waals surface area contributed by atoms with Gasteiger partial charge in [-0.3, -0.25) is 4.90 Å². The molecule has 1 aromatic rings. The summed E-state index contributed by atoms with van der Waals surface area (Å²) in [5, 5.41) is 0. The molecule has 0 aliphatic carbocycles. The summed E-state index contributed by atoms with van der Waals surface area (Å²) in [5.74, 6) is 0. The van der Waals surface area contributed by atoms with Gasteiger partial charge in [0.2, 0.25) is 0 Å². The predicted molar refractivity (Wildman–Crippen MR) is 68.4 cm³/mol. The molecular weight excluding hydrogens is 196 g/mol. The monoisotopic (exact) mass is 218 g/mol. The topological polar surface area (TPSA) is 6.48 Å². The highest BCUT2D eigenvalue weighted by Gasteiger charge is 2.20. The Bertz CT molecular complexity index is 308. The summed E-state index contributed by atoms with van der Waals surface area (Å²) >= 11 is 0. The van der Waals surface area contributed by atoms with Crippen LogP contribution in [0.25, 0.3) is 0 Å². The van der Waals surface area contributed by atoms with Crippen LogP contribution in [0.1, 0.15) is 18.4 Å². The van der Waals surface area contributed by atoms with Gasteiger partial charge in [0.15, 0.2) is 0 Å². The molecule has 0 unspecified atom stereocenters. The highest BCUT2D eigenvalue weighted by atomic mass is 15.2. The summed E-state index contributed by atoms with van der Waals surface area (Å²) in [6.45, 7) is 3.56. The highest BCUT2D eigenvalue weighted by Crippen LogP contribution is 2.16. The van der Waals surface area contributed by atoms with Gasteiger partial charge in [-0.15, -0.1) is 0 Å². The minimum Gasteiger partial charge on any atom is -0.305 e. The Morgan fingerprint density at radius 2 is 2.00 bits per heavy atom. The summed E-state index contributed by atoms with van der Waals surface area (Å²) in [6.07, 6.45) is 2.67. The number of likely N-dealkylation sites (tertiary alicyclic amines) is 1. The van der Waals surface area contributed by atoms with Crippen molar-refractivity contribution < 1.29 is 0 Å². The molecule has 0 N–H and O–H groups in total. The summed E-state index contributed by atoms with van der Waals surface area (Å²) in [6, 6.07) is 11.5. The van der Waals surface area contributed by atoms with Crippen molar-refractivity contribution in [2.24, 2.45) is 0 Å². The molecule has 1 aromatic carbocycles. The summed E-state index contributed by atoms with van der Waals surface area (Å²) in [4.78, 5) is 4.93. The number of piperidine rings is 1. The van der Waals surface area contributed by atoms with Crippen LogP contribution in [0.15, 0.2) is 30.3 Å². The molecule has 1 aliphatic rings. The number of hydrogen-bond donors (Lipinski definition) is 0. The molecule has 1 aliphatic heterocycles. The maximum Gasteiger partial charge on any atom is 0.0234 e. The Morgan fingerprint density at radius 1 is 1.25 bits per heavy atom. The summed E-state index contributed by atoms with van der Waals surface area (Å²) in [7, 11) is 4.38. The van der Waals surface area contributed by atoms with Crippen molar-refractivity contribution in [3.63, 3.8) is 0 Å². The van der Waals surface area contributed by atoms with E-state index in [4.69, 9.17) is 0 Å². The zero-order valence-corrected chi connectivity index (χ0v) is 10.4. The van der Waals surface area contributed by atoms with Crippen LogP contribution in [0.3, 0.4) is 0 Å². The maximum absolute atomic E-state index is 2.57. The number of rotatable bonds is 3. The van der Waals surface area contributed by atoms with Crippen molar-refractivity contribution in [1.82, 2.24) is 9.80 Å². The Balaban J connectivity index is 1.90. The van der Waals surface area contributed by atoms with Crippen LogP contribution in [0.2, 0.25) is 0 Å². The SMILES string of the molecule is CN(C)[C@@H]1CCCN(Cc2ccccc2)C1. The fourth-order valence-electron chi connectivity index (χ4n) is 2.44. The van der Waals surface area contributed by atoms with E-state index in [-0.39, 0.29) is 0 Å². The number of benzene rings is 1. The van der Waals surface area contributed by atoms with Gasteiger partial charge in [0.25, 0.3) is 0 Å². The van der Waals surface area contributed by atoms with Crippen LogP contribution in [-0.4, -0.2) is 43.0 Å². The summed E-state index contributed by atoms with van der Waals surface area (Å²) in [5.41, 5.74) is 1.43. The molecule has 2 heteroatoms. The van der Waals surface area contributed by atoms with E-state index in [9.17, 15) is 0 Å². The number of nitrogens with zero attached hydrogens (tertiary/aromatic N) is 2. The van der Waals surface area contributed by atoms with Gasteiger partial charge < -0.3 is 4.90 Å². The van der Waals surface area contributed by atoms with Gasteiger partial charge >= 0.3 is 0 Å². The first-order chi connectivity index (χ1) is 7.75. The first-order valence-corrected chi connectivity index (χ1v) is 6.18. The lowest BCUT2D eigenvalue weighted by molar-refractivity contribution is 0.128. The molecule has 0 bridgehead atoms. The van der Waals surface area contributed by atoms with Crippen molar-refractivity contribution in [2.45, 2.75) is 25.4 Å². The van der Waals surface area contributed by atoms with E-state index in [1.807, 2.05) is 0 Å². The van der Waals surface area contributed by atoms with Gasteiger partial charge in [-0.25, -0.2) is 0 Å². The molecule has 0 saturated carbocycles. The normalized spacial score (nSPS) is 22.6. The van der Waals surface area contributed by atoms with Crippen LogP contribution in [0, 0.1) is 0 Å². The molecule has 0 radical (unpaired) electrons. The van der Waals surface area contributed by atoms with Crippen molar-refractivity contribution in [1.29, 1.82) is 0 Å². The fraction of sp³-hybridized carbons (Fsp3) is 0.571. The number of likely N-dealkylation sites (N-methyl/N-ethyl adjacent to an activating group) is 1. The van der Waals surface area contributed by atoms with E-state index in [0.717, 1.165) is 12.6 Å². The quantitative estimate of drug-likeness (QED) is 0.767. The Hall–Kier alpha value is -0.860. The van der Waals surface area contributed by atoms with E-state index < -0.39 is 0 Å². The molecule has 2 nitrogen and oxygen atoms in total. The molecule has 1 atom stereocenters. The van der Waals surface area contributed by atoms with Gasteiger partial charge in [-0.1, -0.05) is 30.3 Å². The molecule has 1 heterocycles. The molecule has 0 aromatic heterocycles. The number of hydrogen-bond acceptors (Lipinski definition) is 2. The molecule has 0 amide bonds. The van der Waals surface area contributed by atoms with Gasteiger partial charge in [0, 0.05) is 19.1 Å². The second kappa shape index (κ2) is 5.46. The Kier molecular flexibility index (Phi) is 3.97. The van der Waals surface area contributed by atoms with E-state index in [1.54, 1.807) is 0 Å². The Morgan fingerprint density at radius 3 is 2.69 bits per heavy atom. The molecule has 1 saturated heterocycles. The fourth-order valence-corrected chi connectivity index (χ4v) is 2.44. The predicted octanol–water partition coefficient (Wildman–Crippen LogP) is 2.21. The van der Waals surface area contributed by atoms with Gasteiger partial charge in [0.1, 0.15) is 0 Å². The minimum absolute atomic E-state index is 0.734. The van der Waals surface area contributed by atoms with Crippen LogP contribution < -0.4 is 0 Å². The van der Waals surface area contributed by atoms with E-state index in [0.29, 0.717) is 0 Å². The lowest BCUT2D eigenvalue weighted by Crippen LogP contribution is -2.44. The second-order valence-corrected chi connectivity index (χ2v) is 4.98. The standard InChI is InChI=1S/C14H22N2/c1-15(2)14-9-6-10-16(12-14)11-13-7-4-3-5-8-13/h3-5,7-8,14H,6,9-12H2,1-2H3/t14-/m1/s1. The van der Waals surface area contributed by atoms with Crippen molar-refractivity contribution in [3.05, 3.63) is 35.9 Å². The van der Waals surface area contributed by atoms with Crippen LogP contribution >= 0.6 is 0 Å². The first-order valence-electron chi connectivity index (χ1n) is 6.18. The third-order valence-electron chi connectivity index (χ3n) is 3.46. The summed E-state index contributed by atoms with van der Waals surface area (Å²) < 4.78 is 0. The molecule has 0 spiro atoms. The van der Waals surface area contributed by atoms with Gasteiger partial charge in [-0.2, -0.15) is 0 Å². The van der Waals surface area contributed by atoms with Crippen molar-refractivity contribution >= 4 is 0 Å². The van der Waals surface area contributed by atoms with Crippen molar-refractivity contribution in [2.75, 3.05) is 27.2 Å². The first kappa shape index (κ1) is 11.6. The van der Waals surface area contributed by atoms with Crippen LogP contribution in [0.5, 0.6) is 0 Å². The molecule has 2 rings (SSSR count). The van der Waals surface area contributed by atoms with E-state index in [1.165, 1.54) is 31.5 Å². The zero-order chi connectivity index (χ0) is 11.4. The molecule has 88 valence electrons. The average Bonchev–Trinajstić information content (AvgIpc) is 2.30. The maximum atomic E-state index is 2.57. The third kappa shape index (κ3) is 3.06. The molecular formula is C14H22N2. The van der Waals surface area contributed by atoms with Crippen LogP contribution in [0.4, 0.5) is 0 Å². The third-order valence-corrected chi connectivity index (χ3v) is 3.46. The lowest BCUT2D eigenvalue weighted by atomic mass is 10.0. The largest absolute Gasteiger partial charge is 0.305 e. The lowest BCUT2D eigenvalue weighted by Gasteiger charge is -2.36. The van der Waals surface area contributed by atoms with Gasteiger partial charge in [0.05, 0.1) is 0 Å². The van der Waals surface area contributed by atoms with Gasteiger partial charge in [-0.05, 0) is 39.0 Å². The zero-order valence-electron chi connectivity index (χ0n) is 10.4. The highest BCUT2D eigenvalue weighted by molar-refractivity contribution is 5.14. The van der Waals surface area contributed by atoms with E-state index >= 15 is 0 Å². The molecule has 1 fully saturated rings. The smallest absolute Gasteiger partial charge is 0.0234 e. The van der Waals surface area contributed by atoms with Crippen LogP contribution in [-0.2, 0) is 6.54 Å². The second-order valence-electron chi connectivity index (χ2n) is 4.98.